The first-order valence-electron chi connectivity index (χ1n) is 5.35. The summed E-state index contributed by atoms with van der Waals surface area (Å²) >= 11 is 0. The molecular formula is C12H17ClN2O. The number of nitrogens with one attached hydrogen (secondary N) is 1. The second-order valence-electron chi connectivity index (χ2n) is 4.00. The summed E-state index contributed by atoms with van der Waals surface area (Å²) in [5.74, 6) is 0.527. The third-order valence-electron chi connectivity index (χ3n) is 2.75. The third-order valence-corrected chi connectivity index (χ3v) is 2.75. The van der Waals surface area contributed by atoms with Crippen LogP contribution in [0.1, 0.15) is 24.4 Å². The minimum absolute atomic E-state index is 0. The topological polar surface area (TPSA) is 55.1 Å². The molecule has 4 heteroatoms. The average Bonchev–Trinajstić information content (AvgIpc) is 3.10. The number of benzene rings is 1. The van der Waals surface area contributed by atoms with Gasteiger partial charge < -0.3 is 11.1 Å². The molecule has 0 aromatic heterocycles. The molecule has 1 fully saturated rings. The number of hydrogen-bond acceptors (Lipinski definition) is 2. The Balaban J connectivity index is 0.00000128. The van der Waals surface area contributed by atoms with Crippen molar-refractivity contribution in [2.75, 3.05) is 6.54 Å². The molecule has 3 nitrogen and oxygen atoms in total. The second kappa shape index (κ2) is 5.87. The summed E-state index contributed by atoms with van der Waals surface area (Å²) in [4.78, 5) is 11.3. The molecule has 88 valence electrons. The van der Waals surface area contributed by atoms with Gasteiger partial charge in [-0.1, -0.05) is 30.3 Å². The predicted molar refractivity (Wildman–Crippen MR) is 66.4 cm³/mol. The van der Waals surface area contributed by atoms with E-state index in [0.717, 1.165) is 0 Å². The highest BCUT2D eigenvalue weighted by molar-refractivity contribution is 5.85. The fourth-order valence-corrected chi connectivity index (χ4v) is 1.80. The molecule has 0 saturated heterocycles. The first-order chi connectivity index (χ1) is 7.31. The van der Waals surface area contributed by atoms with E-state index in [1.54, 1.807) is 0 Å². The van der Waals surface area contributed by atoms with Gasteiger partial charge in [-0.15, -0.1) is 12.4 Å². The molecule has 0 radical (unpaired) electrons. The van der Waals surface area contributed by atoms with Gasteiger partial charge in [-0.3, -0.25) is 4.79 Å². The summed E-state index contributed by atoms with van der Waals surface area (Å²) in [6.07, 6.45) is 2.40. The number of carbonyl (C=O) groups is 1. The summed E-state index contributed by atoms with van der Waals surface area (Å²) < 4.78 is 0. The van der Waals surface area contributed by atoms with Crippen LogP contribution in [0, 0.1) is 5.92 Å². The number of carbonyl (C=O) groups excluding carboxylic acids is 1. The van der Waals surface area contributed by atoms with Crippen LogP contribution in [0.3, 0.4) is 0 Å². The number of hydrogen-bond donors (Lipinski definition) is 2. The summed E-state index contributed by atoms with van der Waals surface area (Å²) in [7, 11) is 0. The lowest BCUT2D eigenvalue weighted by Crippen LogP contribution is -2.34. The number of nitrogens with two attached hydrogens (primary N) is 1. The van der Waals surface area contributed by atoms with E-state index in [1.807, 2.05) is 18.2 Å². The summed E-state index contributed by atoms with van der Waals surface area (Å²) in [6, 6.07) is 10.2. The van der Waals surface area contributed by atoms with Gasteiger partial charge >= 0.3 is 0 Å². The Labute approximate surface area is 102 Å². The third kappa shape index (κ3) is 3.22. The van der Waals surface area contributed by atoms with Gasteiger partial charge in [-0.2, -0.15) is 0 Å². The van der Waals surface area contributed by atoms with Gasteiger partial charge in [0.25, 0.3) is 0 Å². The van der Waals surface area contributed by atoms with Crippen molar-refractivity contribution in [2.24, 2.45) is 11.7 Å². The Hall–Kier alpha value is -1.06. The molecule has 1 unspecified atom stereocenters. The number of rotatable bonds is 4. The molecule has 1 aromatic rings. The highest BCUT2D eigenvalue weighted by Gasteiger charge is 2.32. The summed E-state index contributed by atoms with van der Waals surface area (Å²) in [5, 5.41) is 2.98. The largest absolute Gasteiger partial charge is 0.348 e. The van der Waals surface area contributed by atoms with Crippen molar-refractivity contribution >= 4 is 18.3 Å². The Morgan fingerprint density at radius 1 is 1.38 bits per heavy atom. The van der Waals surface area contributed by atoms with Crippen LogP contribution in [-0.2, 0) is 4.79 Å². The smallest absolute Gasteiger partial charge is 0.234 e. The van der Waals surface area contributed by atoms with Crippen LogP contribution in [0.5, 0.6) is 0 Å². The van der Waals surface area contributed by atoms with Crippen LogP contribution >= 0.6 is 12.4 Å². The van der Waals surface area contributed by atoms with Crippen LogP contribution in [-0.4, -0.2) is 12.5 Å². The molecule has 2 rings (SSSR count). The molecule has 3 N–H and O–H groups in total. The molecule has 0 heterocycles. The van der Waals surface area contributed by atoms with Gasteiger partial charge in [-0.25, -0.2) is 0 Å². The van der Waals surface area contributed by atoms with Crippen molar-refractivity contribution in [1.29, 1.82) is 0 Å². The Morgan fingerprint density at radius 3 is 2.50 bits per heavy atom. The molecule has 16 heavy (non-hydrogen) atoms. The summed E-state index contributed by atoms with van der Waals surface area (Å²) in [5.41, 5.74) is 6.49. The molecule has 1 aliphatic carbocycles. The van der Waals surface area contributed by atoms with E-state index in [2.05, 4.69) is 17.4 Å². The predicted octanol–water partition coefficient (Wildman–Crippen LogP) is 1.63. The van der Waals surface area contributed by atoms with Gasteiger partial charge in [0.1, 0.15) is 0 Å². The maximum Gasteiger partial charge on any atom is 0.234 e. The van der Waals surface area contributed by atoms with E-state index >= 15 is 0 Å². The van der Waals surface area contributed by atoms with E-state index in [0.29, 0.717) is 5.92 Å². The number of halogens is 1. The maximum absolute atomic E-state index is 11.3. The van der Waals surface area contributed by atoms with Crippen molar-refractivity contribution in [3.8, 4) is 0 Å². The van der Waals surface area contributed by atoms with Crippen molar-refractivity contribution in [1.82, 2.24) is 5.32 Å². The minimum atomic E-state index is -0.0734. The molecule has 1 aliphatic rings. The van der Waals surface area contributed by atoms with Crippen molar-refractivity contribution in [3.05, 3.63) is 35.9 Å². The molecule has 1 atom stereocenters. The molecule has 0 spiro atoms. The van der Waals surface area contributed by atoms with Crippen LogP contribution in [0.4, 0.5) is 0 Å². The zero-order valence-corrected chi connectivity index (χ0v) is 9.87. The van der Waals surface area contributed by atoms with Crippen molar-refractivity contribution in [3.63, 3.8) is 0 Å². The first kappa shape index (κ1) is 13.0. The maximum atomic E-state index is 11.3. The minimum Gasteiger partial charge on any atom is -0.348 e. The fourth-order valence-electron chi connectivity index (χ4n) is 1.80. The van der Waals surface area contributed by atoms with Crippen LogP contribution < -0.4 is 11.1 Å². The lowest BCUT2D eigenvalue weighted by Gasteiger charge is -2.18. The zero-order valence-electron chi connectivity index (χ0n) is 9.06. The van der Waals surface area contributed by atoms with Gasteiger partial charge in [0, 0.05) is 0 Å². The molecule has 1 aromatic carbocycles. The van der Waals surface area contributed by atoms with Crippen LogP contribution in [0.2, 0.25) is 0 Å². The van der Waals surface area contributed by atoms with E-state index in [9.17, 15) is 4.79 Å². The summed E-state index contributed by atoms with van der Waals surface area (Å²) in [6.45, 7) is 0.0655. The van der Waals surface area contributed by atoms with E-state index in [4.69, 9.17) is 5.73 Å². The van der Waals surface area contributed by atoms with Crippen LogP contribution in [0.15, 0.2) is 30.3 Å². The van der Waals surface area contributed by atoms with Gasteiger partial charge in [-0.05, 0) is 24.3 Å². The Bertz CT molecular complexity index is 338. The second-order valence-corrected chi connectivity index (χ2v) is 4.00. The van der Waals surface area contributed by atoms with E-state index < -0.39 is 0 Å². The quantitative estimate of drug-likeness (QED) is 0.841. The Morgan fingerprint density at radius 2 is 2.00 bits per heavy atom. The lowest BCUT2D eigenvalue weighted by atomic mass is 10.0. The molecule has 0 aliphatic heterocycles. The zero-order chi connectivity index (χ0) is 10.7. The van der Waals surface area contributed by atoms with Crippen molar-refractivity contribution < 1.29 is 4.79 Å². The molecule has 1 amide bonds. The lowest BCUT2D eigenvalue weighted by molar-refractivity contribution is -0.120. The Kier molecular flexibility index (Phi) is 4.77. The fraction of sp³-hybridized carbons (Fsp3) is 0.417. The molecular weight excluding hydrogens is 224 g/mol. The monoisotopic (exact) mass is 240 g/mol. The highest BCUT2D eigenvalue weighted by Crippen LogP contribution is 2.40. The number of amides is 1. The highest BCUT2D eigenvalue weighted by atomic mass is 35.5. The first-order valence-corrected chi connectivity index (χ1v) is 5.35. The molecule has 0 bridgehead atoms. The normalized spacial score (nSPS) is 16.1. The van der Waals surface area contributed by atoms with Gasteiger partial charge in [0.2, 0.25) is 5.91 Å². The van der Waals surface area contributed by atoms with E-state index in [-0.39, 0.29) is 30.9 Å². The standard InChI is InChI=1S/C12H16N2O.ClH/c13-8-11(15)14-12(10-6-7-10)9-4-2-1-3-5-9;/h1-5,10,12H,6-8,13H2,(H,14,15);1H. The average molecular weight is 241 g/mol. The van der Waals surface area contributed by atoms with Crippen LogP contribution in [0.25, 0.3) is 0 Å². The van der Waals surface area contributed by atoms with Gasteiger partial charge in [0.15, 0.2) is 0 Å². The molecule has 1 saturated carbocycles. The SMILES string of the molecule is Cl.NCC(=O)NC(c1ccccc1)C1CC1. The van der Waals surface area contributed by atoms with E-state index in [1.165, 1.54) is 18.4 Å². The van der Waals surface area contributed by atoms with Gasteiger partial charge in [0.05, 0.1) is 12.6 Å². The van der Waals surface area contributed by atoms with Crippen molar-refractivity contribution in [2.45, 2.75) is 18.9 Å².